The number of phosphoric ester groups is 1. The lowest BCUT2D eigenvalue weighted by atomic mass is 10.0. The topological polar surface area (TPSA) is 119 Å². The van der Waals surface area contributed by atoms with E-state index in [4.69, 9.17) is 19.3 Å². The molecule has 0 spiro atoms. The number of phosphoric acid groups is 1. The molecule has 0 fully saturated rings. The zero-order valence-corrected chi connectivity index (χ0v) is 35.2. The summed E-state index contributed by atoms with van der Waals surface area (Å²) < 4.78 is 26.3. The zero-order valence-electron chi connectivity index (χ0n) is 34.4. The molecule has 2 N–H and O–H groups in total. The van der Waals surface area contributed by atoms with Gasteiger partial charge in [0.1, 0.15) is 6.61 Å². The van der Waals surface area contributed by atoms with E-state index < -0.39 is 32.5 Å². The van der Waals surface area contributed by atoms with Crippen molar-refractivity contribution in [1.29, 1.82) is 0 Å². The Labute approximate surface area is 330 Å². The first-order chi connectivity index (χ1) is 26.3. The van der Waals surface area contributed by atoms with Gasteiger partial charge in [-0.3, -0.25) is 14.1 Å². The molecule has 0 radical (unpaired) electrons. The summed E-state index contributed by atoms with van der Waals surface area (Å²) >= 11 is 0. The lowest BCUT2D eigenvalue weighted by molar-refractivity contribution is -0.161. The van der Waals surface area contributed by atoms with Crippen molar-refractivity contribution in [2.75, 3.05) is 13.2 Å². The maximum absolute atomic E-state index is 12.3. The van der Waals surface area contributed by atoms with Gasteiger partial charge in [-0.25, -0.2) is 4.57 Å². The van der Waals surface area contributed by atoms with Gasteiger partial charge in [-0.05, 0) is 64.2 Å². The molecule has 0 rings (SSSR count). The molecule has 9 heteroatoms. The minimum Gasteiger partial charge on any atom is -0.462 e. The van der Waals surface area contributed by atoms with Gasteiger partial charge < -0.3 is 19.3 Å². The maximum atomic E-state index is 12.3. The van der Waals surface area contributed by atoms with Gasteiger partial charge in [-0.2, -0.15) is 0 Å². The molecule has 8 nitrogen and oxygen atoms in total. The third kappa shape index (κ3) is 42.5. The molecule has 0 bridgehead atoms. The van der Waals surface area contributed by atoms with Gasteiger partial charge in [0, 0.05) is 12.8 Å². The molecule has 0 heterocycles. The highest BCUT2D eigenvalue weighted by Crippen LogP contribution is 2.36. The van der Waals surface area contributed by atoms with Crippen molar-refractivity contribution in [3.8, 4) is 0 Å². The largest absolute Gasteiger partial charge is 0.469 e. The van der Waals surface area contributed by atoms with Crippen LogP contribution in [0.25, 0.3) is 0 Å². The van der Waals surface area contributed by atoms with E-state index in [0.717, 1.165) is 44.9 Å². The van der Waals surface area contributed by atoms with Crippen molar-refractivity contribution < 1.29 is 37.9 Å². The second kappa shape index (κ2) is 40.4. The molecular formula is C45H79O8P. The van der Waals surface area contributed by atoms with Crippen LogP contribution in [-0.4, -0.2) is 41.0 Å². The monoisotopic (exact) mass is 779 g/mol. The second-order valence-corrected chi connectivity index (χ2v) is 15.5. The standard InChI is InChI=1S/C45H79O8P/c1-3-5-7-9-11-13-15-17-18-19-20-21-22-23-24-25-26-28-29-31-33-35-37-39-44(46)51-41-43(42-52-54(48,49)50)53-45(47)40-38-36-34-32-30-27-16-14-12-10-8-6-4-2/h6,8,12,14,19-20,27,30,34,36,43H,3-5,7,9-11,13,15-18,21-26,28-29,31-33,35,37-42H2,1-2H3,(H2,48,49,50)/b8-6-,14-12-,20-19-,30-27-,36-34-. The smallest absolute Gasteiger partial charge is 0.462 e. The average molecular weight is 779 g/mol. The molecular weight excluding hydrogens is 699 g/mol. The van der Waals surface area contributed by atoms with E-state index in [9.17, 15) is 14.2 Å². The number of esters is 2. The van der Waals surface area contributed by atoms with Crippen molar-refractivity contribution >= 4 is 19.8 Å². The van der Waals surface area contributed by atoms with Crippen LogP contribution < -0.4 is 0 Å². The molecule has 0 aromatic carbocycles. The summed E-state index contributed by atoms with van der Waals surface area (Å²) in [5, 5.41) is 0. The van der Waals surface area contributed by atoms with Crippen molar-refractivity contribution in [3.05, 3.63) is 60.8 Å². The molecule has 312 valence electrons. The quantitative estimate of drug-likeness (QED) is 0.0274. The van der Waals surface area contributed by atoms with Crippen molar-refractivity contribution in [3.63, 3.8) is 0 Å². The first-order valence-electron chi connectivity index (χ1n) is 21.6. The van der Waals surface area contributed by atoms with Gasteiger partial charge in [-0.15, -0.1) is 0 Å². The van der Waals surface area contributed by atoms with Gasteiger partial charge in [-0.1, -0.05) is 177 Å². The van der Waals surface area contributed by atoms with Crippen LogP contribution in [0.2, 0.25) is 0 Å². The van der Waals surface area contributed by atoms with Crippen molar-refractivity contribution in [2.45, 2.75) is 200 Å². The predicted octanol–water partition coefficient (Wildman–Crippen LogP) is 13.3. The number of unbranched alkanes of at least 4 members (excludes halogenated alkanes) is 19. The summed E-state index contributed by atoms with van der Waals surface area (Å²) in [4.78, 5) is 42.8. The molecule has 54 heavy (non-hydrogen) atoms. The fourth-order valence-electron chi connectivity index (χ4n) is 5.85. The normalized spacial score (nSPS) is 13.0. The molecule has 0 aliphatic heterocycles. The number of hydrogen-bond donors (Lipinski definition) is 2. The third-order valence-electron chi connectivity index (χ3n) is 9.03. The second-order valence-electron chi connectivity index (χ2n) is 14.3. The van der Waals surface area contributed by atoms with Crippen LogP contribution >= 0.6 is 7.82 Å². The Morgan fingerprint density at radius 2 is 0.926 bits per heavy atom. The lowest BCUT2D eigenvalue weighted by Gasteiger charge is -2.18. The highest BCUT2D eigenvalue weighted by molar-refractivity contribution is 7.46. The first kappa shape index (κ1) is 51.8. The molecule has 0 amide bonds. The van der Waals surface area contributed by atoms with Gasteiger partial charge in [0.2, 0.25) is 0 Å². The summed E-state index contributed by atoms with van der Waals surface area (Å²) in [6, 6.07) is 0. The minimum absolute atomic E-state index is 0.0892. The van der Waals surface area contributed by atoms with E-state index in [-0.39, 0.29) is 19.4 Å². The predicted molar refractivity (Wildman–Crippen MR) is 225 cm³/mol. The number of rotatable bonds is 39. The summed E-state index contributed by atoms with van der Waals surface area (Å²) in [6.45, 7) is 3.51. The number of carbonyl (C=O) groups is 2. The van der Waals surface area contributed by atoms with Crippen LogP contribution in [0.5, 0.6) is 0 Å². The number of ether oxygens (including phenoxy) is 2. The van der Waals surface area contributed by atoms with E-state index in [2.05, 4.69) is 67.0 Å². The zero-order chi connectivity index (χ0) is 39.6. The summed E-state index contributed by atoms with van der Waals surface area (Å²) in [5.74, 6) is -0.980. The Morgan fingerprint density at radius 1 is 0.500 bits per heavy atom. The van der Waals surface area contributed by atoms with Crippen LogP contribution in [0.4, 0.5) is 0 Å². The fraction of sp³-hybridized carbons (Fsp3) is 0.733. The van der Waals surface area contributed by atoms with Gasteiger partial charge in [0.25, 0.3) is 0 Å². The van der Waals surface area contributed by atoms with Crippen LogP contribution in [0, 0.1) is 0 Å². The molecule has 1 unspecified atom stereocenters. The van der Waals surface area contributed by atoms with Gasteiger partial charge >= 0.3 is 19.8 Å². The third-order valence-corrected chi connectivity index (χ3v) is 9.52. The molecule has 0 saturated carbocycles. The van der Waals surface area contributed by atoms with Crippen LogP contribution in [0.3, 0.4) is 0 Å². The Bertz CT molecular complexity index is 1060. The summed E-state index contributed by atoms with van der Waals surface area (Å²) in [6.07, 6.45) is 51.2. The van der Waals surface area contributed by atoms with Gasteiger partial charge in [0.15, 0.2) is 6.10 Å². The molecule has 0 aliphatic rings. The van der Waals surface area contributed by atoms with Crippen LogP contribution in [0.1, 0.15) is 194 Å². The maximum Gasteiger partial charge on any atom is 0.469 e. The molecule has 0 aromatic heterocycles. The van der Waals surface area contributed by atoms with Crippen LogP contribution in [0.15, 0.2) is 60.8 Å². The Morgan fingerprint density at radius 3 is 1.41 bits per heavy atom. The summed E-state index contributed by atoms with van der Waals surface area (Å²) in [5.41, 5.74) is 0. The van der Waals surface area contributed by atoms with E-state index in [1.807, 2.05) is 12.2 Å². The fourth-order valence-corrected chi connectivity index (χ4v) is 6.21. The average Bonchev–Trinajstić information content (AvgIpc) is 3.14. The summed E-state index contributed by atoms with van der Waals surface area (Å²) in [7, 11) is -4.77. The minimum atomic E-state index is -4.77. The number of allylic oxidation sites excluding steroid dienone is 10. The first-order valence-corrected chi connectivity index (χ1v) is 23.1. The number of hydrogen-bond acceptors (Lipinski definition) is 6. The highest BCUT2D eigenvalue weighted by atomic mass is 31.2. The number of carbonyl (C=O) groups excluding carboxylic acids is 2. The van der Waals surface area contributed by atoms with E-state index >= 15 is 0 Å². The van der Waals surface area contributed by atoms with Crippen molar-refractivity contribution in [1.82, 2.24) is 0 Å². The lowest BCUT2D eigenvalue weighted by Crippen LogP contribution is -2.29. The van der Waals surface area contributed by atoms with Gasteiger partial charge in [0.05, 0.1) is 6.61 Å². The Hall–Kier alpha value is -2.25. The van der Waals surface area contributed by atoms with E-state index in [1.165, 1.54) is 109 Å². The Kier molecular flexibility index (Phi) is 38.7. The van der Waals surface area contributed by atoms with Crippen LogP contribution in [-0.2, 0) is 28.2 Å². The molecule has 0 aliphatic carbocycles. The Balaban J connectivity index is 3.90. The molecule has 0 saturated heterocycles. The molecule has 0 aromatic rings. The van der Waals surface area contributed by atoms with E-state index in [1.54, 1.807) is 0 Å². The molecule has 1 atom stereocenters. The van der Waals surface area contributed by atoms with E-state index in [0.29, 0.717) is 12.8 Å². The van der Waals surface area contributed by atoms with Crippen molar-refractivity contribution in [2.24, 2.45) is 0 Å². The SMILES string of the molecule is CC/C=C\C/C=C\C/C=C\C/C=C\CCC(=O)OC(COC(=O)CCCCCCCCCCCCC/C=C\CCCCCCCCCC)COP(=O)(O)O. The highest BCUT2D eigenvalue weighted by Gasteiger charge is 2.22.